The summed E-state index contributed by atoms with van der Waals surface area (Å²) in [7, 11) is 0. The maximum absolute atomic E-state index is 13.5. The fourth-order valence-corrected chi connectivity index (χ4v) is 7.07. The van der Waals surface area contributed by atoms with E-state index in [2.05, 4.69) is 40.9 Å². The number of nitrogens with one attached hydrogen (secondary N) is 2. The van der Waals surface area contributed by atoms with Crippen molar-refractivity contribution in [3.05, 3.63) is 95.2 Å². The van der Waals surface area contributed by atoms with Crippen LogP contribution < -0.4 is 20.1 Å². The number of urea groups is 1. The van der Waals surface area contributed by atoms with Crippen molar-refractivity contribution in [3.8, 4) is 17.2 Å². The van der Waals surface area contributed by atoms with Crippen molar-refractivity contribution >= 4 is 23.4 Å². The van der Waals surface area contributed by atoms with Gasteiger partial charge in [0.2, 0.25) is 0 Å². The minimum atomic E-state index is -3.72. The van der Waals surface area contributed by atoms with Gasteiger partial charge in [-0.3, -0.25) is 10.1 Å². The first-order chi connectivity index (χ1) is 22.8. The molecule has 48 heavy (non-hydrogen) atoms. The number of aryl methyl sites for hydroxylation is 1. The van der Waals surface area contributed by atoms with E-state index >= 15 is 0 Å². The van der Waals surface area contributed by atoms with Gasteiger partial charge in [0.25, 0.3) is 5.91 Å². The summed E-state index contributed by atoms with van der Waals surface area (Å²) in [6.45, 7) is 8.29. The quantitative estimate of drug-likeness (QED) is 0.219. The van der Waals surface area contributed by atoms with Crippen LogP contribution in [0.25, 0.3) is 5.69 Å². The van der Waals surface area contributed by atoms with E-state index in [4.69, 9.17) is 5.10 Å². The maximum atomic E-state index is 13.5. The second-order valence-corrected chi connectivity index (χ2v) is 14.2. The topological polar surface area (TPSA) is 97.7 Å². The van der Waals surface area contributed by atoms with Gasteiger partial charge < -0.3 is 19.7 Å². The summed E-state index contributed by atoms with van der Waals surface area (Å²) in [5.41, 5.74) is 4.84. The number of aromatic nitrogens is 2. The lowest BCUT2D eigenvalue weighted by Crippen LogP contribution is -2.46. The van der Waals surface area contributed by atoms with Gasteiger partial charge >= 0.3 is 12.3 Å². The molecule has 3 amide bonds. The van der Waals surface area contributed by atoms with E-state index in [9.17, 15) is 18.4 Å². The van der Waals surface area contributed by atoms with E-state index in [1.807, 2.05) is 66.4 Å². The Labute approximate surface area is 278 Å². The van der Waals surface area contributed by atoms with Crippen molar-refractivity contribution in [2.24, 2.45) is 5.92 Å². The predicted molar refractivity (Wildman–Crippen MR) is 178 cm³/mol. The third-order valence-electron chi connectivity index (χ3n) is 9.45. The van der Waals surface area contributed by atoms with Crippen LogP contribution in [0.1, 0.15) is 73.6 Å². The van der Waals surface area contributed by atoms with Gasteiger partial charge in [-0.1, -0.05) is 50.6 Å². The van der Waals surface area contributed by atoms with Crippen LogP contribution in [0.3, 0.4) is 0 Å². The second-order valence-electron chi connectivity index (χ2n) is 14.2. The molecule has 2 fully saturated rings. The maximum Gasteiger partial charge on any atom is 0.586 e. The number of halogens is 2. The van der Waals surface area contributed by atoms with Gasteiger partial charge in [0, 0.05) is 34.8 Å². The van der Waals surface area contributed by atoms with Crippen LogP contribution in [0.15, 0.2) is 72.8 Å². The van der Waals surface area contributed by atoms with Crippen molar-refractivity contribution in [2.45, 2.75) is 83.6 Å². The lowest BCUT2D eigenvalue weighted by atomic mass is 9.85. The Hall–Kier alpha value is -4.93. The fourth-order valence-electron chi connectivity index (χ4n) is 7.07. The molecule has 7 rings (SSSR count). The van der Waals surface area contributed by atoms with Crippen LogP contribution in [-0.4, -0.2) is 45.0 Å². The molecule has 3 aromatic carbocycles. The average molecular weight is 656 g/mol. The third-order valence-corrected chi connectivity index (χ3v) is 9.45. The molecule has 2 bridgehead atoms. The van der Waals surface area contributed by atoms with Crippen LogP contribution in [0.2, 0.25) is 0 Å². The highest BCUT2D eigenvalue weighted by atomic mass is 19.3. The Bertz CT molecular complexity index is 1830. The molecule has 0 radical (unpaired) electrons. The Morgan fingerprint density at radius 2 is 1.56 bits per heavy atom. The summed E-state index contributed by atoms with van der Waals surface area (Å²) >= 11 is 0. The van der Waals surface area contributed by atoms with Crippen LogP contribution in [0.4, 0.5) is 25.1 Å². The van der Waals surface area contributed by atoms with Crippen molar-refractivity contribution in [1.29, 1.82) is 0 Å². The molecule has 1 aromatic heterocycles. The minimum Gasteiger partial charge on any atom is -0.395 e. The number of piperidine rings is 1. The molecule has 2 unspecified atom stereocenters. The molecule has 4 heterocycles. The first-order valence-electron chi connectivity index (χ1n) is 16.4. The summed E-state index contributed by atoms with van der Waals surface area (Å²) in [4.78, 5) is 28.5. The number of anilines is 2. The highest BCUT2D eigenvalue weighted by molar-refractivity contribution is 5.99. The number of alkyl halides is 2. The fraction of sp³-hybridized carbons (Fsp3) is 0.378. The number of carbonyl (C=O) groups is 2. The van der Waals surface area contributed by atoms with E-state index in [1.54, 1.807) is 4.68 Å². The SMILES string of the molecule is Cc1ccc(-n2nc(C(C)(C)C)cc2NC(=O)Nc2ccc(CC3CC4CCC(C3)N4C(=O)c3ccc4c(c3)OC(F)(F)O4)cc2)cc1. The number of benzene rings is 3. The molecule has 2 atom stereocenters. The first kappa shape index (κ1) is 31.7. The monoisotopic (exact) mass is 655 g/mol. The molecule has 0 saturated carbocycles. The Morgan fingerprint density at radius 1 is 0.896 bits per heavy atom. The van der Waals surface area contributed by atoms with Crippen molar-refractivity contribution in [3.63, 3.8) is 0 Å². The second kappa shape index (κ2) is 11.9. The van der Waals surface area contributed by atoms with Crippen molar-refractivity contribution in [2.75, 3.05) is 10.6 Å². The van der Waals surface area contributed by atoms with E-state index in [1.165, 1.54) is 18.2 Å². The smallest absolute Gasteiger partial charge is 0.395 e. The van der Waals surface area contributed by atoms with Gasteiger partial charge in [0.05, 0.1) is 11.4 Å². The highest BCUT2D eigenvalue weighted by Crippen LogP contribution is 2.44. The number of carbonyl (C=O) groups excluding carboxylic acids is 2. The summed E-state index contributed by atoms with van der Waals surface area (Å²) in [6.07, 6.45) is 0.745. The minimum absolute atomic E-state index is 0.0691. The van der Waals surface area contributed by atoms with Crippen LogP contribution >= 0.6 is 0 Å². The largest absolute Gasteiger partial charge is 0.586 e. The Morgan fingerprint density at radius 3 is 2.23 bits per heavy atom. The number of nitrogens with zero attached hydrogens (tertiary/aromatic N) is 3. The van der Waals surface area contributed by atoms with Gasteiger partial charge in [-0.2, -0.15) is 5.10 Å². The number of hydrogen-bond acceptors (Lipinski definition) is 5. The van der Waals surface area contributed by atoms with E-state index in [0.717, 1.165) is 54.6 Å². The Balaban J connectivity index is 0.962. The molecule has 0 spiro atoms. The summed E-state index contributed by atoms with van der Waals surface area (Å²) in [5, 5.41) is 10.7. The zero-order valence-electron chi connectivity index (χ0n) is 27.4. The zero-order chi connectivity index (χ0) is 33.8. The molecule has 2 saturated heterocycles. The molecule has 3 aliphatic heterocycles. The van der Waals surface area contributed by atoms with Gasteiger partial charge in [-0.15, -0.1) is 8.78 Å². The normalized spacial score (nSPS) is 20.9. The van der Waals surface area contributed by atoms with Crippen LogP contribution in [0, 0.1) is 12.8 Å². The summed E-state index contributed by atoms with van der Waals surface area (Å²) in [5.74, 6) is 0.640. The van der Waals surface area contributed by atoms with Gasteiger partial charge in [-0.25, -0.2) is 9.48 Å². The summed E-state index contributed by atoms with van der Waals surface area (Å²) in [6, 6.07) is 21.9. The summed E-state index contributed by atoms with van der Waals surface area (Å²) < 4.78 is 37.8. The van der Waals surface area contributed by atoms with E-state index < -0.39 is 6.29 Å². The highest BCUT2D eigenvalue weighted by Gasteiger charge is 2.46. The lowest BCUT2D eigenvalue weighted by Gasteiger charge is -2.39. The number of rotatable bonds is 6. The predicted octanol–water partition coefficient (Wildman–Crippen LogP) is 8.07. The standard InChI is InChI=1S/C37H39F2N5O4/c1-22-5-12-27(13-6-22)44-33(21-32(42-44)36(2,3)4)41-35(46)40-26-10-7-23(8-11-26)17-24-18-28-14-15-29(19-24)43(28)34(45)25-9-16-30-31(20-25)48-37(38,39)47-30/h5-13,16,20-21,24,28-29H,14-15,17-19H2,1-4H3,(H2,40,41,46). The third kappa shape index (κ3) is 6.46. The van der Waals surface area contributed by atoms with Crippen LogP contribution in [0.5, 0.6) is 11.5 Å². The number of ether oxygens (including phenoxy) is 2. The number of fused-ring (bicyclic) bond motifs is 3. The number of hydrogen-bond donors (Lipinski definition) is 2. The average Bonchev–Trinajstić information content (AvgIpc) is 3.67. The first-order valence-corrected chi connectivity index (χ1v) is 16.4. The lowest BCUT2D eigenvalue weighted by molar-refractivity contribution is -0.286. The molecule has 250 valence electrons. The molecule has 2 N–H and O–H groups in total. The molecule has 11 heteroatoms. The molecular weight excluding hydrogens is 616 g/mol. The Kier molecular flexibility index (Phi) is 7.88. The number of amides is 3. The van der Waals surface area contributed by atoms with Crippen LogP contribution in [-0.2, 0) is 11.8 Å². The molecule has 4 aromatic rings. The van der Waals surface area contributed by atoms with Crippen molar-refractivity contribution in [1.82, 2.24) is 14.7 Å². The van der Waals surface area contributed by atoms with Gasteiger partial charge in [-0.05, 0) is 93.0 Å². The van der Waals surface area contributed by atoms with Gasteiger partial charge in [0.15, 0.2) is 11.5 Å². The van der Waals surface area contributed by atoms with E-state index in [-0.39, 0.29) is 40.9 Å². The molecular formula is C37H39F2N5O4. The van der Waals surface area contributed by atoms with Gasteiger partial charge in [0.1, 0.15) is 5.82 Å². The zero-order valence-corrected chi connectivity index (χ0v) is 27.4. The molecule has 0 aliphatic carbocycles. The molecule has 9 nitrogen and oxygen atoms in total. The van der Waals surface area contributed by atoms with Crippen molar-refractivity contribution < 1.29 is 27.8 Å². The van der Waals surface area contributed by atoms with E-state index in [0.29, 0.717) is 23.0 Å². The molecule has 3 aliphatic rings.